The SMILES string of the molecule is CC[C@@H]1C[C@H](C)CC/C=C\[C@@H]2C[C@@]2(C(=O)NS(=O)(=O)C2(C)CC2)NC(=O)[C@@H]2C[C@@H](Oc3nccc4cc(OC)c(F)cc34)CN2C(=O)[C@H]1N(C(=O)O)C(C)(C)C(C)(F)F. The molecule has 18 heteroatoms. The summed E-state index contributed by atoms with van der Waals surface area (Å²) in [6, 6.07) is 1.09. The molecule has 324 valence electrons. The normalized spacial score (nSPS) is 29.2. The second-order valence-corrected chi connectivity index (χ2v) is 19.7. The highest BCUT2D eigenvalue weighted by atomic mass is 32.2. The minimum absolute atomic E-state index is 0.0247. The summed E-state index contributed by atoms with van der Waals surface area (Å²) in [6.07, 6.45) is 4.36. The molecule has 1 aromatic carbocycles. The number of methoxy groups -OCH3 is 1. The molecule has 4 amide bonds. The molecule has 3 N–H and O–H groups in total. The van der Waals surface area contributed by atoms with E-state index in [9.17, 15) is 32.3 Å². The molecule has 6 rings (SSSR count). The molecular formula is C41H54F3N5O9S. The van der Waals surface area contributed by atoms with E-state index in [1.165, 1.54) is 32.4 Å². The highest BCUT2D eigenvalue weighted by Gasteiger charge is 2.63. The van der Waals surface area contributed by atoms with E-state index in [1.807, 2.05) is 13.0 Å². The Hall–Kier alpha value is -4.61. The number of nitrogens with zero attached hydrogens (tertiary/aromatic N) is 3. The van der Waals surface area contributed by atoms with Crippen molar-refractivity contribution in [1.82, 2.24) is 24.8 Å². The number of carboxylic acid groups (broad SMARTS) is 1. The lowest BCUT2D eigenvalue weighted by atomic mass is 9.81. The molecule has 4 aliphatic rings. The zero-order valence-electron chi connectivity index (χ0n) is 34.4. The van der Waals surface area contributed by atoms with Gasteiger partial charge in [-0.05, 0) is 94.7 Å². The van der Waals surface area contributed by atoms with Crippen LogP contribution < -0.4 is 19.5 Å². The smallest absolute Gasteiger partial charge is 0.408 e. The number of fused-ring (bicyclic) bond motifs is 3. The van der Waals surface area contributed by atoms with Crippen molar-refractivity contribution < 1.29 is 55.3 Å². The van der Waals surface area contributed by atoms with Gasteiger partial charge in [-0.3, -0.25) is 24.0 Å². The van der Waals surface area contributed by atoms with Gasteiger partial charge in [-0.15, -0.1) is 0 Å². The van der Waals surface area contributed by atoms with E-state index in [2.05, 4.69) is 15.0 Å². The number of hydrogen-bond acceptors (Lipinski definition) is 9. The first-order valence-corrected chi connectivity index (χ1v) is 21.5. The first-order chi connectivity index (χ1) is 27.5. The number of halogens is 3. The molecule has 0 radical (unpaired) electrons. The van der Waals surface area contributed by atoms with Crippen LogP contribution in [0.25, 0.3) is 10.8 Å². The lowest BCUT2D eigenvalue weighted by Gasteiger charge is -2.47. The summed E-state index contributed by atoms with van der Waals surface area (Å²) in [7, 11) is -2.80. The van der Waals surface area contributed by atoms with E-state index in [1.54, 1.807) is 19.1 Å². The van der Waals surface area contributed by atoms with Gasteiger partial charge in [-0.25, -0.2) is 31.4 Å². The van der Waals surface area contributed by atoms with Gasteiger partial charge in [0.2, 0.25) is 27.7 Å². The van der Waals surface area contributed by atoms with Crippen LogP contribution in [0.1, 0.15) is 92.9 Å². The van der Waals surface area contributed by atoms with Gasteiger partial charge in [0.1, 0.15) is 29.3 Å². The fourth-order valence-electron chi connectivity index (χ4n) is 8.40. The Morgan fingerprint density at radius 1 is 1.17 bits per heavy atom. The molecule has 2 saturated carbocycles. The van der Waals surface area contributed by atoms with Gasteiger partial charge in [0.25, 0.3) is 11.8 Å². The number of nitrogens with one attached hydrogen (secondary N) is 2. The Labute approximate surface area is 342 Å². The summed E-state index contributed by atoms with van der Waals surface area (Å²) in [5.41, 5.74) is -4.11. The molecule has 0 bridgehead atoms. The lowest BCUT2D eigenvalue weighted by molar-refractivity contribution is -0.157. The summed E-state index contributed by atoms with van der Waals surface area (Å²) < 4.78 is 84.8. The average molecular weight is 850 g/mol. The molecule has 7 atom stereocenters. The number of carbonyl (C=O) groups excluding carboxylic acids is 3. The molecule has 3 heterocycles. The van der Waals surface area contributed by atoms with Gasteiger partial charge in [0, 0.05) is 30.8 Å². The maximum absolute atomic E-state index is 15.4. The van der Waals surface area contributed by atoms with Crippen LogP contribution >= 0.6 is 0 Å². The highest BCUT2D eigenvalue weighted by molar-refractivity contribution is 7.91. The number of benzene rings is 1. The summed E-state index contributed by atoms with van der Waals surface area (Å²) >= 11 is 0. The molecule has 0 spiro atoms. The van der Waals surface area contributed by atoms with Crippen molar-refractivity contribution in [3.63, 3.8) is 0 Å². The van der Waals surface area contributed by atoms with Crippen molar-refractivity contribution >= 4 is 44.6 Å². The summed E-state index contributed by atoms with van der Waals surface area (Å²) in [6.45, 7) is 7.53. The predicted octanol–water partition coefficient (Wildman–Crippen LogP) is 5.79. The third-order valence-corrected chi connectivity index (χ3v) is 15.2. The number of alkyl halides is 2. The predicted molar refractivity (Wildman–Crippen MR) is 211 cm³/mol. The standard InChI is InChI=1S/C41H54F3N5O9S/c1-8-24-17-23(2)11-9-10-12-26-21-41(26,36(52)47-59(55,56)39(5)14-15-39)46-33(50)30-19-27(58-34-28-20-29(42)31(57-7)18-25(28)13-16-45-34)22-48(30)35(51)32(24)49(37(53)54)38(3,4)40(6,43)44/h10,12-13,16,18,20,23-24,26-27,30,32H,8-9,11,14-15,17,19,21-22H2,1-7H3,(H,46,50)(H,47,52)(H,53,54)/b12-10-/t23-,24-,26-,27-,30+,32+,41-/m1/s1. The Kier molecular flexibility index (Phi) is 11.8. The van der Waals surface area contributed by atoms with Crippen LogP contribution in [-0.4, -0.2) is 106 Å². The molecule has 0 unspecified atom stereocenters. The van der Waals surface area contributed by atoms with Crippen molar-refractivity contribution in [1.29, 1.82) is 0 Å². The Balaban J connectivity index is 1.44. The third-order valence-electron chi connectivity index (χ3n) is 13.0. The van der Waals surface area contributed by atoms with Crippen LogP contribution in [0.3, 0.4) is 0 Å². The fourth-order valence-corrected chi connectivity index (χ4v) is 9.71. The number of ether oxygens (including phenoxy) is 2. The first-order valence-electron chi connectivity index (χ1n) is 20.0. The van der Waals surface area contributed by atoms with E-state index < -0.39 is 91.4 Å². The lowest BCUT2D eigenvalue weighted by Crippen LogP contribution is -2.67. The summed E-state index contributed by atoms with van der Waals surface area (Å²) in [4.78, 5) is 62.9. The molecule has 14 nitrogen and oxygen atoms in total. The first kappa shape index (κ1) is 44.0. The Morgan fingerprint density at radius 3 is 2.47 bits per heavy atom. The van der Waals surface area contributed by atoms with Crippen LogP contribution in [0.4, 0.5) is 18.0 Å². The number of hydrogen-bond donors (Lipinski definition) is 3. The van der Waals surface area contributed by atoms with Crippen LogP contribution in [0, 0.1) is 23.6 Å². The van der Waals surface area contributed by atoms with E-state index in [4.69, 9.17) is 9.47 Å². The molecule has 1 saturated heterocycles. The van der Waals surface area contributed by atoms with E-state index in [-0.39, 0.29) is 55.2 Å². The van der Waals surface area contributed by atoms with Gasteiger partial charge in [0.05, 0.1) is 18.4 Å². The number of carbonyl (C=O) groups is 4. The van der Waals surface area contributed by atoms with Gasteiger partial charge in [0.15, 0.2) is 11.6 Å². The topological polar surface area (TPSA) is 185 Å². The van der Waals surface area contributed by atoms with Crippen molar-refractivity contribution in [2.45, 2.75) is 133 Å². The maximum atomic E-state index is 15.4. The number of pyridine rings is 1. The van der Waals surface area contributed by atoms with Gasteiger partial charge < -0.3 is 24.8 Å². The number of aromatic nitrogens is 1. The van der Waals surface area contributed by atoms with Crippen LogP contribution in [0.2, 0.25) is 0 Å². The van der Waals surface area contributed by atoms with Crippen LogP contribution in [0.15, 0.2) is 36.5 Å². The molecule has 2 aromatic rings. The van der Waals surface area contributed by atoms with Crippen LogP contribution in [-0.2, 0) is 24.4 Å². The minimum atomic E-state index is -4.12. The second-order valence-electron chi connectivity index (χ2n) is 17.5. The van der Waals surface area contributed by atoms with E-state index in [0.717, 1.165) is 18.7 Å². The van der Waals surface area contributed by atoms with Gasteiger partial charge in [-0.2, -0.15) is 0 Å². The maximum Gasteiger partial charge on any atom is 0.408 e. The van der Waals surface area contributed by atoms with Gasteiger partial charge in [-0.1, -0.05) is 32.4 Å². The Bertz CT molecular complexity index is 2140. The third kappa shape index (κ3) is 8.29. The summed E-state index contributed by atoms with van der Waals surface area (Å²) in [5.74, 6) is -8.58. The van der Waals surface area contributed by atoms with Crippen LogP contribution in [0.5, 0.6) is 11.6 Å². The average Bonchev–Trinajstić information content (AvgIpc) is 4.03. The van der Waals surface area contributed by atoms with Crippen molar-refractivity contribution in [3.8, 4) is 11.6 Å². The number of sulfonamides is 1. The molecule has 2 aliphatic heterocycles. The molecule has 59 heavy (non-hydrogen) atoms. The highest BCUT2D eigenvalue weighted by Crippen LogP contribution is 2.48. The van der Waals surface area contributed by atoms with Crippen molar-refractivity contribution in [2.75, 3.05) is 13.7 Å². The Morgan fingerprint density at radius 2 is 1.86 bits per heavy atom. The number of allylic oxidation sites excluding steroid dienone is 1. The fraction of sp³-hybridized carbons (Fsp3) is 0.634. The molecule has 3 fully saturated rings. The zero-order chi connectivity index (χ0) is 43.5. The number of amides is 4. The largest absolute Gasteiger partial charge is 0.494 e. The van der Waals surface area contributed by atoms with E-state index >= 15 is 13.6 Å². The number of rotatable bonds is 10. The molecular weight excluding hydrogens is 796 g/mol. The summed E-state index contributed by atoms with van der Waals surface area (Å²) in [5, 5.41) is 14.2. The quantitative estimate of drug-likeness (QED) is 0.248. The monoisotopic (exact) mass is 849 g/mol. The molecule has 1 aromatic heterocycles. The zero-order valence-corrected chi connectivity index (χ0v) is 35.2. The van der Waals surface area contributed by atoms with Crippen molar-refractivity contribution in [3.05, 3.63) is 42.4 Å². The van der Waals surface area contributed by atoms with Crippen molar-refractivity contribution in [2.24, 2.45) is 17.8 Å². The van der Waals surface area contributed by atoms with E-state index in [0.29, 0.717) is 42.9 Å². The molecule has 2 aliphatic carbocycles. The van der Waals surface area contributed by atoms with Gasteiger partial charge >= 0.3 is 6.09 Å². The minimum Gasteiger partial charge on any atom is -0.494 e. The second kappa shape index (κ2) is 15.8.